The van der Waals surface area contributed by atoms with Crippen LogP contribution in [0.5, 0.6) is 0 Å². The minimum Gasteiger partial charge on any atom is -0.381 e. The van der Waals surface area contributed by atoms with E-state index in [-0.39, 0.29) is 5.92 Å². The van der Waals surface area contributed by atoms with Crippen molar-refractivity contribution in [3.05, 3.63) is 0 Å². The molecule has 0 spiro atoms. The molecule has 14 heavy (non-hydrogen) atoms. The summed E-state index contributed by atoms with van der Waals surface area (Å²) < 4.78 is 5.38. The number of ketones is 1. The molecule has 0 aromatic rings. The molecule has 2 rings (SSSR count). The summed E-state index contributed by atoms with van der Waals surface area (Å²) in [5, 5.41) is 0. The Morgan fingerprint density at radius 3 is 2.64 bits per heavy atom. The van der Waals surface area contributed by atoms with Gasteiger partial charge in [0.25, 0.3) is 0 Å². The second kappa shape index (κ2) is 4.43. The van der Waals surface area contributed by atoms with Gasteiger partial charge in [0.2, 0.25) is 0 Å². The molecule has 3 unspecified atom stereocenters. The molecule has 1 heterocycles. The highest BCUT2D eigenvalue weighted by Crippen LogP contribution is 2.34. The minimum absolute atomic E-state index is 0.217. The van der Waals surface area contributed by atoms with E-state index >= 15 is 0 Å². The zero-order valence-electron chi connectivity index (χ0n) is 9.00. The van der Waals surface area contributed by atoms with Gasteiger partial charge in [0.15, 0.2) is 0 Å². The highest BCUT2D eigenvalue weighted by molar-refractivity contribution is 5.84. The van der Waals surface area contributed by atoms with Crippen LogP contribution in [0.3, 0.4) is 0 Å². The predicted octanol–water partition coefficient (Wildman–Crippen LogP) is 2.42. The van der Waals surface area contributed by atoms with Crippen molar-refractivity contribution >= 4 is 5.78 Å². The molecule has 0 N–H and O–H groups in total. The van der Waals surface area contributed by atoms with E-state index in [2.05, 4.69) is 6.92 Å². The van der Waals surface area contributed by atoms with Crippen molar-refractivity contribution in [1.82, 2.24) is 0 Å². The first-order valence-corrected chi connectivity index (χ1v) is 5.90. The van der Waals surface area contributed by atoms with Crippen LogP contribution in [0.2, 0.25) is 0 Å². The van der Waals surface area contributed by atoms with Gasteiger partial charge >= 0.3 is 0 Å². The minimum atomic E-state index is 0.217. The summed E-state index contributed by atoms with van der Waals surface area (Å²) in [6.07, 6.45) is 5.73. The molecule has 0 aromatic heterocycles. The monoisotopic (exact) mass is 196 g/mol. The van der Waals surface area contributed by atoms with Crippen LogP contribution in [-0.2, 0) is 9.53 Å². The molecule has 1 saturated heterocycles. The Bertz CT molecular complexity index is 206. The first-order chi connectivity index (χ1) is 6.79. The predicted molar refractivity (Wildman–Crippen MR) is 55.1 cm³/mol. The summed E-state index contributed by atoms with van der Waals surface area (Å²) in [5.41, 5.74) is 0. The second-order valence-electron chi connectivity index (χ2n) is 4.83. The Kier molecular flexibility index (Phi) is 3.22. The Labute approximate surface area is 86.0 Å². The summed E-state index contributed by atoms with van der Waals surface area (Å²) in [4.78, 5) is 12.1. The molecule has 1 aliphatic heterocycles. The maximum atomic E-state index is 12.1. The lowest BCUT2D eigenvalue weighted by atomic mass is 9.84. The van der Waals surface area contributed by atoms with E-state index < -0.39 is 0 Å². The van der Waals surface area contributed by atoms with Crippen LogP contribution in [0.15, 0.2) is 0 Å². The van der Waals surface area contributed by atoms with E-state index in [0.717, 1.165) is 25.9 Å². The third-order valence-electron chi connectivity index (χ3n) is 3.79. The fourth-order valence-electron chi connectivity index (χ4n) is 2.84. The van der Waals surface area contributed by atoms with Gasteiger partial charge in [-0.05, 0) is 31.6 Å². The van der Waals surface area contributed by atoms with E-state index in [0.29, 0.717) is 24.2 Å². The van der Waals surface area contributed by atoms with Gasteiger partial charge in [-0.15, -0.1) is 0 Å². The number of hydrogen-bond acceptors (Lipinski definition) is 2. The van der Waals surface area contributed by atoms with Crippen molar-refractivity contribution in [3.8, 4) is 0 Å². The van der Waals surface area contributed by atoms with Gasteiger partial charge < -0.3 is 4.74 Å². The Balaban J connectivity index is 1.92. The molecule has 2 aliphatic rings. The van der Waals surface area contributed by atoms with Crippen molar-refractivity contribution in [2.75, 3.05) is 13.2 Å². The number of ether oxygens (including phenoxy) is 1. The van der Waals surface area contributed by atoms with Crippen molar-refractivity contribution in [2.45, 2.75) is 39.0 Å². The van der Waals surface area contributed by atoms with E-state index in [9.17, 15) is 4.79 Å². The van der Waals surface area contributed by atoms with Gasteiger partial charge in [0.05, 0.1) is 6.61 Å². The first-order valence-electron chi connectivity index (χ1n) is 5.90. The summed E-state index contributed by atoms with van der Waals surface area (Å²) in [5.74, 6) is 1.68. The SMILES string of the molecule is CC1CCCC1C(=O)C1CCCOC1. The Morgan fingerprint density at radius 2 is 2.07 bits per heavy atom. The summed E-state index contributed by atoms with van der Waals surface area (Å²) in [6, 6.07) is 0. The van der Waals surface area contributed by atoms with Crippen LogP contribution >= 0.6 is 0 Å². The molecule has 0 amide bonds. The van der Waals surface area contributed by atoms with Crippen LogP contribution < -0.4 is 0 Å². The van der Waals surface area contributed by atoms with E-state index in [1.54, 1.807) is 0 Å². The van der Waals surface area contributed by atoms with Gasteiger partial charge in [-0.3, -0.25) is 4.79 Å². The van der Waals surface area contributed by atoms with Crippen molar-refractivity contribution in [3.63, 3.8) is 0 Å². The maximum absolute atomic E-state index is 12.1. The Morgan fingerprint density at radius 1 is 1.21 bits per heavy atom. The smallest absolute Gasteiger partial charge is 0.141 e. The number of carbonyl (C=O) groups excluding carboxylic acids is 1. The molecular formula is C12H20O2. The van der Waals surface area contributed by atoms with Gasteiger partial charge in [0, 0.05) is 18.4 Å². The second-order valence-corrected chi connectivity index (χ2v) is 4.83. The number of Topliss-reactive ketones (excluding diaryl/α,β-unsaturated/α-hetero) is 1. The van der Waals surface area contributed by atoms with Crippen LogP contribution in [0.25, 0.3) is 0 Å². The van der Waals surface area contributed by atoms with Gasteiger partial charge in [0.1, 0.15) is 5.78 Å². The summed E-state index contributed by atoms with van der Waals surface area (Å²) in [7, 11) is 0. The molecule has 3 atom stereocenters. The zero-order chi connectivity index (χ0) is 9.97. The number of rotatable bonds is 2. The average Bonchev–Trinajstić information content (AvgIpc) is 2.65. The van der Waals surface area contributed by atoms with Crippen molar-refractivity contribution < 1.29 is 9.53 Å². The van der Waals surface area contributed by atoms with Crippen molar-refractivity contribution in [1.29, 1.82) is 0 Å². The molecule has 0 aromatic carbocycles. The molecule has 2 nitrogen and oxygen atoms in total. The number of carbonyl (C=O) groups is 1. The van der Waals surface area contributed by atoms with Gasteiger partial charge in [-0.2, -0.15) is 0 Å². The van der Waals surface area contributed by atoms with Crippen LogP contribution in [-0.4, -0.2) is 19.0 Å². The van der Waals surface area contributed by atoms with Crippen molar-refractivity contribution in [2.24, 2.45) is 17.8 Å². The fraction of sp³-hybridized carbons (Fsp3) is 0.917. The lowest BCUT2D eigenvalue weighted by Crippen LogP contribution is -2.31. The van der Waals surface area contributed by atoms with Gasteiger partial charge in [-0.25, -0.2) is 0 Å². The highest BCUT2D eigenvalue weighted by Gasteiger charge is 2.34. The van der Waals surface area contributed by atoms with E-state index in [1.807, 2.05) is 0 Å². The molecule has 80 valence electrons. The lowest BCUT2D eigenvalue weighted by Gasteiger charge is -2.25. The van der Waals surface area contributed by atoms with Gasteiger partial charge in [-0.1, -0.05) is 13.3 Å². The van der Waals surface area contributed by atoms with Crippen LogP contribution in [0.4, 0.5) is 0 Å². The van der Waals surface area contributed by atoms with Crippen LogP contribution in [0.1, 0.15) is 39.0 Å². The molecular weight excluding hydrogens is 176 g/mol. The quantitative estimate of drug-likeness (QED) is 0.678. The maximum Gasteiger partial charge on any atom is 0.141 e. The summed E-state index contributed by atoms with van der Waals surface area (Å²) in [6.45, 7) is 3.76. The molecule has 1 aliphatic carbocycles. The zero-order valence-corrected chi connectivity index (χ0v) is 9.00. The lowest BCUT2D eigenvalue weighted by molar-refractivity contribution is -0.131. The number of hydrogen-bond donors (Lipinski definition) is 0. The molecule has 2 fully saturated rings. The summed E-state index contributed by atoms with van der Waals surface area (Å²) >= 11 is 0. The normalized spacial score (nSPS) is 38.5. The molecule has 0 bridgehead atoms. The highest BCUT2D eigenvalue weighted by atomic mass is 16.5. The van der Waals surface area contributed by atoms with E-state index in [1.165, 1.54) is 12.8 Å². The molecule has 2 heteroatoms. The largest absolute Gasteiger partial charge is 0.381 e. The third kappa shape index (κ3) is 2.00. The van der Waals surface area contributed by atoms with E-state index in [4.69, 9.17) is 4.74 Å². The first kappa shape index (κ1) is 10.2. The Hall–Kier alpha value is -0.370. The molecule has 0 radical (unpaired) electrons. The third-order valence-corrected chi connectivity index (χ3v) is 3.79. The standard InChI is InChI=1S/C12H20O2/c1-9-4-2-6-11(9)12(13)10-5-3-7-14-8-10/h9-11H,2-8H2,1H3. The van der Waals surface area contributed by atoms with Crippen LogP contribution in [0, 0.1) is 17.8 Å². The topological polar surface area (TPSA) is 26.3 Å². The fourth-order valence-corrected chi connectivity index (χ4v) is 2.84. The molecule has 1 saturated carbocycles. The average molecular weight is 196 g/mol.